The number of nitrogens with zero attached hydrogens (tertiary/aromatic N) is 1. The number of benzene rings is 2. The molecule has 2 aliphatic rings. The van der Waals surface area contributed by atoms with Gasteiger partial charge in [0, 0.05) is 5.39 Å². The van der Waals surface area contributed by atoms with Crippen LogP contribution in [0.25, 0.3) is 22.6 Å². The van der Waals surface area contributed by atoms with E-state index in [0.717, 1.165) is 64.1 Å². The number of para-hydroxylation sites is 1. The number of esters is 1. The summed E-state index contributed by atoms with van der Waals surface area (Å²) in [4.78, 5) is 17.8. The Morgan fingerprint density at radius 1 is 1.13 bits per heavy atom. The molecule has 0 amide bonds. The lowest BCUT2D eigenvalue weighted by molar-refractivity contribution is 0.0434. The molecule has 0 fully saturated rings. The van der Waals surface area contributed by atoms with Crippen LogP contribution in [0.5, 0.6) is 11.5 Å². The molecule has 0 saturated heterocycles. The third kappa shape index (κ3) is 3.29. The number of aromatic nitrogens is 1. The van der Waals surface area contributed by atoms with Crippen molar-refractivity contribution in [3.8, 4) is 11.5 Å². The molecule has 1 aliphatic carbocycles. The molecule has 1 aromatic heterocycles. The number of pyridine rings is 1. The monoisotopic (exact) mass is 403 g/mol. The Hall–Kier alpha value is -3.38. The molecule has 1 aliphatic heterocycles. The third-order valence-corrected chi connectivity index (χ3v) is 5.44. The fourth-order valence-corrected chi connectivity index (χ4v) is 4.12. The predicted octanol–water partition coefficient (Wildman–Crippen LogP) is 3.99. The molecule has 0 bridgehead atoms. The summed E-state index contributed by atoms with van der Waals surface area (Å²) in [5.74, 6) is 1.07. The summed E-state index contributed by atoms with van der Waals surface area (Å²) in [5, 5.41) is 9.85. The second-order valence-corrected chi connectivity index (χ2v) is 7.33. The summed E-state index contributed by atoms with van der Waals surface area (Å²) in [6.07, 6.45) is 4.65. The van der Waals surface area contributed by atoms with E-state index in [1.165, 1.54) is 0 Å². The molecule has 152 valence electrons. The van der Waals surface area contributed by atoms with Crippen molar-refractivity contribution in [2.45, 2.75) is 19.3 Å². The molecule has 0 atom stereocenters. The molecular formula is C24H21NO5. The molecule has 0 saturated carbocycles. The Morgan fingerprint density at radius 2 is 2.00 bits per heavy atom. The fourth-order valence-electron chi connectivity index (χ4n) is 4.12. The molecule has 1 N–H and O–H groups in total. The van der Waals surface area contributed by atoms with Crippen molar-refractivity contribution in [3.63, 3.8) is 0 Å². The van der Waals surface area contributed by atoms with Crippen LogP contribution in [0, 0.1) is 0 Å². The van der Waals surface area contributed by atoms with Crippen LogP contribution in [0.2, 0.25) is 0 Å². The maximum absolute atomic E-state index is 12.9. The number of rotatable bonds is 4. The Bertz CT molecular complexity index is 1170. The first-order chi connectivity index (χ1) is 14.7. The average Bonchev–Trinajstić information content (AvgIpc) is 3.24. The van der Waals surface area contributed by atoms with Gasteiger partial charge in [-0.05, 0) is 60.2 Å². The smallest absolute Gasteiger partial charge is 0.339 e. The molecule has 6 nitrogen and oxygen atoms in total. The van der Waals surface area contributed by atoms with E-state index < -0.39 is 5.97 Å². The second-order valence-electron chi connectivity index (χ2n) is 7.33. The van der Waals surface area contributed by atoms with Crippen molar-refractivity contribution in [2.75, 3.05) is 20.0 Å². The van der Waals surface area contributed by atoms with Gasteiger partial charge in [0.05, 0.1) is 23.4 Å². The number of hydrogen-bond donors (Lipinski definition) is 1. The van der Waals surface area contributed by atoms with Gasteiger partial charge in [-0.15, -0.1) is 0 Å². The molecule has 6 heteroatoms. The molecule has 5 rings (SSSR count). The largest absolute Gasteiger partial charge is 0.460 e. The number of carbonyl (C=O) groups excluding carboxylic acids is 1. The van der Waals surface area contributed by atoms with Crippen molar-refractivity contribution in [1.82, 2.24) is 4.98 Å². The molecule has 30 heavy (non-hydrogen) atoms. The van der Waals surface area contributed by atoms with Crippen LogP contribution in [-0.4, -0.2) is 36.1 Å². The maximum atomic E-state index is 12.9. The second kappa shape index (κ2) is 7.80. The van der Waals surface area contributed by atoms with Crippen molar-refractivity contribution >= 4 is 28.5 Å². The molecule has 3 aromatic rings. The SMILES string of the molecule is O=C(OCCO)c1c2c(nc3ccccc13)/C(=C\c1ccc3c(c1)OCO3)CCC2. The molecule has 2 heterocycles. The number of carbonyl (C=O) groups is 1. The lowest BCUT2D eigenvalue weighted by Gasteiger charge is -2.22. The zero-order valence-corrected chi connectivity index (χ0v) is 16.4. The normalized spacial score (nSPS) is 16.0. The number of hydrogen-bond acceptors (Lipinski definition) is 6. The van der Waals surface area contributed by atoms with Gasteiger partial charge in [0.1, 0.15) is 6.61 Å². The highest BCUT2D eigenvalue weighted by atomic mass is 16.7. The molecule has 0 radical (unpaired) electrons. The maximum Gasteiger partial charge on any atom is 0.339 e. The third-order valence-electron chi connectivity index (χ3n) is 5.44. The van der Waals surface area contributed by atoms with E-state index in [2.05, 4.69) is 6.08 Å². The van der Waals surface area contributed by atoms with E-state index in [1.807, 2.05) is 42.5 Å². The van der Waals surface area contributed by atoms with Crippen LogP contribution in [0.1, 0.15) is 40.0 Å². The zero-order chi connectivity index (χ0) is 20.5. The Morgan fingerprint density at radius 3 is 2.90 bits per heavy atom. The van der Waals surface area contributed by atoms with Gasteiger partial charge in [0.15, 0.2) is 11.5 Å². The molecule has 0 spiro atoms. The van der Waals surface area contributed by atoms with Crippen LogP contribution in [0.4, 0.5) is 0 Å². The summed E-state index contributed by atoms with van der Waals surface area (Å²) in [5.41, 5.74) is 5.15. The number of fused-ring (bicyclic) bond motifs is 3. The minimum absolute atomic E-state index is 0.0237. The van der Waals surface area contributed by atoms with E-state index in [9.17, 15) is 4.79 Å². The van der Waals surface area contributed by atoms with E-state index in [4.69, 9.17) is 24.3 Å². The fraction of sp³-hybridized carbons (Fsp3) is 0.250. The van der Waals surface area contributed by atoms with E-state index in [-0.39, 0.29) is 20.0 Å². The van der Waals surface area contributed by atoms with Crippen LogP contribution >= 0.6 is 0 Å². The first-order valence-electron chi connectivity index (χ1n) is 10.0. The van der Waals surface area contributed by atoms with Crippen molar-refractivity contribution in [2.24, 2.45) is 0 Å². The van der Waals surface area contributed by atoms with Gasteiger partial charge in [-0.2, -0.15) is 0 Å². The summed E-state index contributed by atoms with van der Waals surface area (Å²) >= 11 is 0. The number of aliphatic hydroxyl groups is 1. The van der Waals surface area contributed by atoms with Gasteiger partial charge in [-0.25, -0.2) is 9.78 Å². The first-order valence-corrected chi connectivity index (χ1v) is 10.0. The van der Waals surface area contributed by atoms with Gasteiger partial charge in [0.25, 0.3) is 0 Å². The standard InChI is InChI=1S/C24H21NO5/c26-10-11-28-24(27)22-17-5-1-2-7-19(17)25-23-16(4-3-6-18(22)23)12-15-8-9-20-21(13-15)30-14-29-20/h1-2,5,7-9,12-13,26H,3-4,6,10-11,14H2/b16-12-. The number of ether oxygens (including phenoxy) is 3. The van der Waals surface area contributed by atoms with Gasteiger partial charge >= 0.3 is 5.97 Å². The Balaban J connectivity index is 1.64. The van der Waals surface area contributed by atoms with Gasteiger partial charge in [-0.3, -0.25) is 0 Å². The summed E-state index contributed by atoms with van der Waals surface area (Å²) < 4.78 is 16.2. The highest BCUT2D eigenvalue weighted by Crippen LogP contribution is 2.38. The lowest BCUT2D eigenvalue weighted by Crippen LogP contribution is -2.16. The van der Waals surface area contributed by atoms with Gasteiger partial charge in [-0.1, -0.05) is 24.3 Å². The highest BCUT2D eigenvalue weighted by molar-refractivity contribution is 6.06. The van der Waals surface area contributed by atoms with Crippen molar-refractivity contribution in [1.29, 1.82) is 0 Å². The van der Waals surface area contributed by atoms with Gasteiger partial charge < -0.3 is 19.3 Å². The van der Waals surface area contributed by atoms with Crippen molar-refractivity contribution < 1.29 is 24.1 Å². The summed E-state index contributed by atoms with van der Waals surface area (Å²) in [6.45, 7) is 0.0153. The van der Waals surface area contributed by atoms with Crippen LogP contribution < -0.4 is 9.47 Å². The number of allylic oxidation sites excluding steroid dienone is 1. The number of aliphatic hydroxyl groups excluding tert-OH is 1. The molecular weight excluding hydrogens is 382 g/mol. The quantitative estimate of drug-likeness (QED) is 0.664. The molecule has 0 unspecified atom stereocenters. The summed E-state index contributed by atoms with van der Waals surface area (Å²) in [6, 6.07) is 13.5. The topological polar surface area (TPSA) is 77.9 Å². The van der Waals surface area contributed by atoms with E-state index >= 15 is 0 Å². The van der Waals surface area contributed by atoms with E-state index in [1.54, 1.807) is 0 Å². The van der Waals surface area contributed by atoms with Crippen molar-refractivity contribution in [3.05, 3.63) is 64.8 Å². The van der Waals surface area contributed by atoms with E-state index in [0.29, 0.717) is 5.56 Å². The van der Waals surface area contributed by atoms with Crippen LogP contribution in [-0.2, 0) is 11.2 Å². The molecule has 2 aromatic carbocycles. The minimum atomic E-state index is -0.414. The predicted molar refractivity (Wildman–Crippen MR) is 112 cm³/mol. The highest BCUT2D eigenvalue weighted by Gasteiger charge is 2.26. The van der Waals surface area contributed by atoms with Crippen LogP contribution in [0.3, 0.4) is 0 Å². The van der Waals surface area contributed by atoms with Crippen LogP contribution in [0.15, 0.2) is 42.5 Å². The Kier molecular flexibility index (Phi) is 4.85. The minimum Gasteiger partial charge on any atom is -0.460 e. The van der Waals surface area contributed by atoms with Gasteiger partial charge in [0.2, 0.25) is 6.79 Å². The zero-order valence-electron chi connectivity index (χ0n) is 16.4. The Labute approximate surface area is 173 Å². The average molecular weight is 403 g/mol. The summed E-state index contributed by atoms with van der Waals surface area (Å²) in [7, 11) is 0. The first kappa shape index (κ1) is 18.6. The lowest BCUT2D eigenvalue weighted by atomic mass is 9.86.